The number of nitrogens with one attached hydrogen (secondary N) is 1. The maximum absolute atomic E-state index is 4.59. The van der Waals surface area contributed by atoms with Gasteiger partial charge in [0, 0.05) is 22.7 Å². The Morgan fingerprint density at radius 3 is 2.16 bits per heavy atom. The summed E-state index contributed by atoms with van der Waals surface area (Å²) >= 11 is 1.78. The lowest BCUT2D eigenvalue weighted by atomic mass is 10.1. The summed E-state index contributed by atoms with van der Waals surface area (Å²) < 4.78 is 0. The molecule has 2 atom stereocenters. The zero-order valence-electron chi connectivity index (χ0n) is 13.1. The maximum atomic E-state index is 4.59. The van der Waals surface area contributed by atoms with Crippen LogP contribution in [0.15, 0.2) is 5.16 Å². The molecule has 108 valence electrons. The summed E-state index contributed by atoms with van der Waals surface area (Å²) in [5.74, 6) is 0. The van der Waals surface area contributed by atoms with E-state index in [-0.39, 0.29) is 0 Å². The van der Waals surface area contributed by atoms with E-state index < -0.39 is 0 Å². The van der Waals surface area contributed by atoms with Gasteiger partial charge in [0.15, 0.2) is 5.16 Å². The van der Waals surface area contributed by atoms with E-state index in [1.807, 2.05) is 0 Å². The van der Waals surface area contributed by atoms with Gasteiger partial charge in [-0.1, -0.05) is 32.5 Å². The molecule has 4 heteroatoms. The first-order valence-corrected chi connectivity index (χ1v) is 8.09. The highest BCUT2D eigenvalue weighted by Crippen LogP contribution is 2.24. The van der Waals surface area contributed by atoms with Crippen LogP contribution in [0.2, 0.25) is 0 Å². The molecule has 0 aromatic carbocycles. The first-order valence-electron chi connectivity index (χ1n) is 7.21. The molecule has 1 rings (SSSR count). The van der Waals surface area contributed by atoms with Crippen molar-refractivity contribution >= 4 is 11.8 Å². The molecule has 0 spiro atoms. The maximum Gasteiger partial charge on any atom is 0.188 e. The highest BCUT2D eigenvalue weighted by molar-refractivity contribution is 7.99. The molecular weight excluding hydrogens is 254 g/mol. The number of aromatic nitrogens is 2. The van der Waals surface area contributed by atoms with Crippen LogP contribution in [0.4, 0.5) is 0 Å². The molecule has 3 nitrogen and oxygen atoms in total. The fourth-order valence-electron chi connectivity index (χ4n) is 2.01. The Morgan fingerprint density at radius 1 is 1.11 bits per heavy atom. The third kappa shape index (κ3) is 4.77. The number of hydrogen-bond donors (Lipinski definition) is 1. The Balaban J connectivity index is 2.72. The molecule has 0 bridgehead atoms. The van der Waals surface area contributed by atoms with Crippen molar-refractivity contribution in [2.75, 3.05) is 6.54 Å². The van der Waals surface area contributed by atoms with Crippen LogP contribution in [0.5, 0.6) is 0 Å². The molecule has 0 aliphatic heterocycles. The Hall–Kier alpha value is -0.610. The first-order chi connectivity index (χ1) is 8.99. The van der Waals surface area contributed by atoms with Crippen molar-refractivity contribution in [2.24, 2.45) is 0 Å². The van der Waals surface area contributed by atoms with Crippen molar-refractivity contribution in [1.29, 1.82) is 0 Å². The number of nitrogens with zero attached hydrogens (tertiary/aromatic N) is 2. The van der Waals surface area contributed by atoms with Crippen molar-refractivity contribution in [1.82, 2.24) is 15.3 Å². The topological polar surface area (TPSA) is 37.8 Å². The Morgan fingerprint density at radius 2 is 1.68 bits per heavy atom. The van der Waals surface area contributed by atoms with E-state index in [1.54, 1.807) is 11.8 Å². The van der Waals surface area contributed by atoms with Gasteiger partial charge in [-0.25, -0.2) is 9.97 Å². The van der Waals surface area contributed by atoms with Crippen LogP contribution in [-0.2, 0) is 0 Å². The van der Waals surface area contributed by atoms with Crippen molar-refractivity contribution in [3.63, 3.8) is 0 Å². The van der Waals surface area contributed by atoms with Crippen molar-refractivity contribution < 1.29 is 0 Å². The summed E-state index contributed by atoms with van der Waals surface area (Å²) in [5, 5.41) is 4.99. The lowest BCUT2D eigenvalue weighted by Gasteiger charge is -2.23. The van der Waals surface area contributed by atoms with E-state index in [0.717, 1.165) is 29.5 Å². The van der Waals surface area contributed by atoms with Crippen LogP contribution in [-0.4, -0.2) is 27.8 Å². The lowest BCUT2D eigenvalue weighted by molar-refractivity contribution is 0.493. The Bertz CT molecular complexity index is 383. The highest BCUT2D eigenvalue weighted by atomic mass is 32.2. The quantitative estimate of drug-likeness (QED) is 0.611. The largest absolute Gasteiger partial charge is 0.313 e. The predicted molar refractivity (Wildman–Crippen MR) is 83.9 cm³/mol. The van der Waals surface area contributed by atoms with Gasteiger partial charge in [0.25, 0.3) is 0 Å². The predicted octanol–water partition coefficient (Wildman–Crippen LogP) is 3.66. The van der Waals surface area contributed by atoms with E-state index in [9.17, 15) is 0 Å². The molecule has 1 heterocycles. The van der Waals surface area contributed by atoms with Crippen LogP contribution in [0, 0.1) is 20.8 Å². The van der Waals surface area contributed by atoms with Crippen LogP contribution in [0.25, 0.3) is 0 Å². The molecule has 1 aromatic rings. The summed E-state index contributed by atoms with van der Waals surface area (Å²) in [5.41, 5.74) is 3.39. The second-order valence-electron chi connectivity index (χ2n) is 5.09. The lowest BCUT2D eigenvalue weighted by Crippen LogP contribution is -2.36. The van der Waals surface area contributed by atoms with Crippen LogP contribution in [0.1, 0.15) is 50.6 Å². The minimum Gasteiger partial charge on any atom is -0.313 e. The third-order valence-corrected chi connectivity index (χ3v) is 4.66. The van der Waals surface area contributed by atoms with E-state index in [4.69, 9.17) is 0 Å². The molecule has 0 radical (unpaired) electrons. The van der Waals surface area contributed by atoms with Gasteiger partial charge < -0.3 is 5.32 Å². The van der Waals surface area contributed by atoms with E-state index in [2.05, 4.69) is 56.8 Å². The SMILES string of the molecule is CCCNC(CC)C(C)Sc1nc(C)c(C)c(C)n1. The first kappa shape index (κ1) is 16.4. The summed E-state index contributed by atoms with van der Waals surface area (Å²) in [4.78, 5) is 9.19. The summed E-state index contributed by atoms with van der Waals surface area (Å²) in [6.45, 7) is 14.0. The molecule has 0 saturated carbocycles. The van der Waals surface area contributed by atoms with E-state index in [1.165, 1.54) is 12.0 Å². The summed E-state index contributed by atoms with van der Waals surface area (Å²) in [6.07, 6.45) is 2.31. The number of aryl methyl sites for hydroxylation is 2. The smallest absolute Gasteiger partial charge is 0.188 e. The normalized spacial score (nSPS) is 14.4. The minimum absolute atomic E-state index is 0.484. The fraction of sp³-hybridized carbons (Fsp3) is 0.733. The average Bonchev–Trinajstić information content (AvgIpc) is 2.36. The summed E-state index contributed by atoms with van der Waals surface area (Å²) in [7, 11) is 0. The van der Waals surface area contributed by atoms with Crippen LogP contribution < -0.4 is 5.32 Å². The van der Waals surface area contributed by atoms with Crippen molar-refractivity contribution in [2.45, 2.75) is 70.8 Å². The van der Waals surface area contributed by atoms with Crippen LogP contribution >= 0.6 is 11.8 Å². The number of thioether (sulfide) groups is 1. The molecule has 0 aliphatic rings. The standard InChI is InChI=1S/C15H27N3S/c1-7-9-16-14(8-2)13(6)19-15-17-11(4)10(3)12(5)18-15/h13-14,16H,7-9H2,1-6H3. The van der Waals surface area contributed by atoms with Gasteiger partial charge in [-0.3, -0.25) is 0 Å². The second kappa shape index (κ2) is 7.85. The molecule has 1 N–H and O–H groups in total. The molecule has 0 amide bonds. The van der Waals surface area contributed by atoms with Crippen LogP contribution in [0.3, 0.4) is 0 Å². The van der Waals surface area contributed by atoms with Gasteiger partial charge in [-0.05, 0) is 45.7 Å². The van der Waals surface area contributed by atoms with Crippen molar-refractivity contribution in [3.8, 4) is 0 Å². The zero-order chi connectivity index (χ0) is 14.4. The molecule has 1 aromatic heterocycles. The zero-order valence-corrected chi connectivity index (χ0v) is 13.9. The number of rotatable bonds is 7. The molecule has 0 aliphatic carbocycles. The molecular formula is C15H27N3S. The number of hydrogen-bond acceptors (Lipinski definition) is 4. The minimum atomic E-state index is 0.484. The Labute approximate surface area is 122 Å². The van der Waals surface area contributed by atoms with Gasteiger partial charge in [0.1, 0.15) is 0 Å². The highest BCUT2D eigenvalue weighted by Gasteiger charge is 2.17. The molecule has 19 heavy (non-hydrogen) atoms. The van der Waals surface area contributed by atoms with Gasteiger partial charge in [0.2, 0.25) is 0 Å². The monoisotopic (exact) mass is 281 g/mol. The molecule has 0 fully saturated rings. The average molecular weight is 281 g/mol. The third-order valence-electron chi connectivity index (χ3n) is 3.57. The van der Waals surface area contributed by atoms with E-state index in [0.29, 0.717) is 11.3 Å². The second-order valence-corrected chi connectivity index (χ2v) is 6.44. The Kier molecular flexibility index (Phi) is 6.80. The van der Waals surface area contributed by atoms with Crippen molar-refractivity contribution in [3.05, 3.63) is 17.0 Å². The van der Waals surface area contributed by atoms with Gasteiger partial charge in [0.05, 0.1) is 0 Å². The summed E-state index contributed by atoms with van der Waals surface area (Å²) in [6, 6.07) is 0.524. The van der Waals surface area contributed by atoms with Gasteiger partial charge in [-0.15, -0.1) is 0 Å². The van der Waals surface area contributed by atoms with Gasteiger partial charge >= 0.3 is 0 Å². The fourth-order valence-corrected chi connectivity index (χ4v) is 3.18. The molecule has 0 saturated heterocycles. The molecule has 2 unspecified atom stereocenters. The van der Waals surface area contributed by atoms with E-state index >= 15 is 0 Å². The van der Waals surface area contributed by atoms with Gasteiger partial charge in [-0.2, -0.15) is 0 Å².